The minimum absolute atomic E-state index is 0.0732. The molecule has 3 rings (SSSR count). The summed E-state index contributed by atoms with van der Waals surface area (Å²) in [6.07, 6.45) is 6.59. The Morgan fingerprint density at radius 3 is 2.16 bits per heavy atom. The molecule has 0 aromatic heterocycles. The van der Waals surface area contributed by atoms with Gasteiger partial charge in [-0.15, -0.1) is 0 Å². The molecule has 1 fully saturated rings. The Bertz CT molecular complexity index is 840. The molecule has 5 heteroatoms. The number of ether oxygens (including phenoxy) is 1. The normalized spacial score (nSPS) is 14.3. The van der Waals surface area contributed by atoms with Crippen LogP contribution in [-0.4, -0.2) is 43.0 Å². The molecule has 2 aromatic carbocycles. The van der Waals surface area contributed by atoms with E-state index in [0.717, 1.165) is 43.5 Å². The standard InChI is InChI=1S/C26H34N2O3/c1-3-4-5-6-20-7-11-22(12-8-20)25(29)28(24-15-17-27-18-16-24)19-21-9-13-23(14-10-21)26(30)31-2/h7-14,24,27H,3-6,15-19H2,1-2H3. The van der Waals surface area contributed by atoms with Gasteiger partial charge in [0.1, 0.15) is 0 Å². The van der Waals surface area contributed by atoms with Crippen molar-refractivity contribution in [2.75, 3.05) is 20.2 Å². The lowest BCUT2D eigenvalue weighted by atomic mass is 10.0. The lowest BCUT2D eigenvalue weighted by Gasteiger charge is -2.35. The second-order valence-electron chi connectivity index (χ2n) is 8.26. The molecule has 0 aliphatic carbocycles. The van der Waals surface area contributed by atoms with E-state index >= 15 is 0 Å². The second kappa shape index (κ2) is 11.7. The molecule has 1 heterocycles. The highest BCUT2D eigenvalue weighted by Crippen LogP contribution is 2.20. The maximum Gasteiger partial charge on any atom is 0.337 e. The van der Waals surface area contributed by atoms with Gasteiger partial charge < -0.3 is 15.0 Å². The number of benzene rings is 2. The maximum absolute atomic E-state index is 13.5. The van der Waals surface area contributed by atoms with Crippen molar-refractivity contribution < 1.29 is 14.3 Å². The van der Waals surface area contributed by atoms with Gasteiger partial charge in [0.25, 0.3) is 5.91 Å². The first kappa shape index (κ1) is 23.0. The number of amides is 1. The van der Waals surface area contributed by atoms with Crippen LogP contribution in [0, 0.1) is 0 Å². The van der Waals surface area contributed by atoms with Crippen LogP contribution in [0.25, 0.3) is 0 Å². The average Bonchev–Trinajstić information content (AvgIpc) is 2.83. The summed E-state index contributed by atoms with van der Waals surface area (Å²) in [5.41, 5.74) is 3.56. The van der Waals surface area contributed by atoms with Gasteiger partial charge in [-0.2, -0.15) is 0 Å². The summed E-state index contributed by atoms with van der Waals surface area (Å²) >= 11 is 0. The Balaban J connectivity index is 1.75. The van der Waals surface area contributed by atoms with Crippen LogP contribution in [0.3, 0.4) is 0 Å². The summed E-state index contributed by atoms with van der Waals surface area (Å²) in [6, 6.07) is 15.7. The van der Waals surface area contributed by atoms with Crippen LogP contribution in [0.15, 0.2) is 48.5 Å². The Hall–Kier alpha value is -2.66. The van der Waals surface area contributed by atoms with Crippen molar-refractivity contribution >= 4 is 11.9 Å². The fraction of sp³-hybridized carbons (Fsp3) is 0.462. The number of unbranched alkanes of at least 4 members (excludes halogenated alkanes) is 2. The zero-order chi connectivity index (χ0) is 22.1. The first-order chi connectivity index (χ1) is 15.1. The molecule has 0 atom stereocenters. The predicted octanol–water partition coefficient (Wildman–Crippen LogP) is 4.60. The Morgan fingerprint density at radius 2 is 1.55 bits per heavy atom. The molecule has 2 aromatic rings. The SMILES string of the molecule is CCCCCc1ccc(C(=O)N(Cc2ccc(C(=O)OC)cc2)C2CCNCC2)cc1. The molecular formula is C26H34N2O3. The second-order valence-corrected chi connectivity index (χ2v) is 8.26. The number of methoxy groups -OCH3 is 1. The number of carbonyl (C=O) groups excluding carboxylic acids is 2. The molecule has 0 saturated carbocycles. The van der Waals surface area contributed by atoms with Crippen molar-refractivity contribution in [1.82, 2.24) is 10.2 Å². The van der Waals surface area contributed by atoms with Crippen molar-refractivity contribution in [2.24, 2.45) is 0 Å². The van der Waals surface area contributed by atoms with E-state index in [1.807, 2.05) is 29.2 Å². The summed E-state index contributed by atoms with van der Waals surface area (Å²) in [5, 5.41) is 3.38. The highest BCUT2D eigenvalue weighted by Gasteiger charge is 2.26. The van der Waals surface area contributed by atoms with E-state index < -0.39 is 0 Å². The number of aryl methyl sites for hydroxylation is 1. The maximum atomic E-state index is 13.5. The van der Waals surface area contributed by atoms with E-state index in [9.17, 15) is 9.59 Å². The number of esters is 1. The van der Waals surface area contributed by atoms with E-state index in [-0.39, 0.29) is 17.9 Å². The lowest BCUT2D eigenvalue weighted by molar-refractivity contribution is 0.0596. The third kappa shape index (κ3) is 6.41. The largest absolute Gasteiger partial charge is 0.465 e. The number of hydrogen-bond donors (Lipinski definition) is 1. The van der Waals surface area contributed by atoms with Crippen LogP contribution in [-0.2, 0) is 17.7 Å². The fourth-order valence-electron chi connectivity index (χ4n) is 4.10. The van der Waals surface area contributed by atoms with Crippen LogP contribution in [0.5, 0.6) is 0 Å². The minimum Gasteiger partial charge on any atom is -0.465 e. The molecule has 0 unspecified atom stereocenters. The lowest BCUT2D eigenvalue weighted by Crippen LogP contribution is -2.45. The quantitative estimate of drug-likeness (QED) is 0.474. The molecule has 166 valence electrons. The van der Waals surface area contributed by atoms with Crippen LogP contribution in [0.4, 0.5) is 0 Å². The third-order valence-electron chi connectivity index (χ3n) is 6.01. The fourth-order valence-corrected chi connectivity index (χ4v) is 4.10. The van der Waals surface area contributed by atoms with Crippen LogP contribution in [0.1, 0.15) is 70.9 Å². The molecule has 1 N–H and O–H groups in total. The van der Waals surface area contributed by atoms with Gasteiger partial charge in [0.15, 0.2) is 0 Å². The minimum atomic E-state index is -0.350. The number of nitrogens with zero attached hydrogens (tertiary/aromatic N) is 1. The van der Waals surface area contributed by atoms with Crippen LogP contribution >= 0.6 is 0 Å². The molecule has 1 amide bonds. The summed E-state index contributed by atoms with van der Waals surface area (Å²) in [5.74, 6) is -0.277. The van der Waals surface area contributed by atoms with E-state index in [4.69, 9.17) is 4.74 Å². The summed E-state index contributed by atoms with van der Waals surface area (Å²) in [6.45, 7) is 4.58. The topological polar surface area (TPSA) is 58.6 Å². The molecular weight excluding hydrogens is 388 g/mol. The van der Waals surface area contributed by atoms with E-state index in [1.165, 1.54) is 31.9 Å². The monoisotopic (exact) mass is 422 g/mol. The molecule has 0 spiro atoms. The van der Waals surface area contributed by atoms with Crippen molar-refractivity contribution in [1.29, 1.82) is 0 Å². The Labute approximate surface area is 185 Å². The predicted molar refractivity (Wildman–Crippen MR) is 123 cm³/mol. The average molecular weight is 423 g/mol. The number of nitrogens with one attached hydrogen (secondary N) is 1. The van der Waals surface area contributed by atoms with Gasteiger partial charge >= 0.3 is 5.97 Å². The van der Waals surface area contributed by atoms with Gasteiger partial charge in [-0.3, -0.25) is 4.79 Å². The summed E-state index contributed by atoms with van der Waals surface area (Å²) in [7, 11) is 1.38. The number of rotatable bonds is 9. The van der Waals surface area contributed by atoms with Gasteiger partial charge in [-0.25, -0.2) is 4.79 Å². The number of hydrogen-bond acceptors (Lipinski definition) is 4. The zero-order valence-electron chi connectivity index (χ0n) is 18.7. The first-order valence-corrected chi connectivity index (χ1v) is 11.4. The van der Waals surface area contributed by atoms with Crippen molar-refractivity contribution in [2.45, 2.75) is 58.0 Å². The van der Waals surface area contributed by atoms with E-state index in [1.54, 1.807) is 12.1 Å². The smallest absolute Gasteiger partial charge is 0.337 e. The first-order valence-electron chi connectivity index (χ1n) is 11.4. The van der Waals surface area contributed by atoms with Crippen LogP contribution < -0.4 is 5.32 Å². The van der Waals surface area contributed by atoms with Gasteiger partial charge in [-0.05, 0) is 74.2 Å². The van der Waals surface area contributed by atoms with Crippen molar-refractivity contribution in [3.05, 3.63) is 70.8 Å². The highest BCUT2D eigenvalue weighted by molar-refractivity contribution is 5.94. The van der Waals surface area contributed by atoms with Gasteiger partial charge in [-0.1, -0.05) is 44.0 Å². The molecule has 5 nitrogen and oxygen atoms in total. The van der Waals surface area contributed by atoms with Crippen LogP contribution in [0.2, 0.25) is 0 Å². The number of piperidine rings is 1. The third-order valence-corrected chi connectivity index (χ3v) is 6.01. The highest BCUT2D eigenvalue weighted by atomic mass is 16.5. The number of carbonyl (C=O) groups is 2. The van der Waals surface area contributed by atoms with Gasteiger partial charge in [0.2, 0.25) is 0 Å². The van der Waals surface area contributed by atoms with Gasteiger partial charge in [0, 0.05) is 18.2 Å². The van der Waals surface area contributed by atoms with Crippen molar-refractivity contribution in [3.8, 4) is 0 Å². The summed E-state index contributed by atoms with van der Waals surface area (Å²) in [4.78, 5) is 27.2. The molecule has 0 bridgehead atoms. The van der Waals surface area contributed by atoms with Gasteiger partial charge in [0.05, 0.1) is 12.7 Å². The Kier molecular flexibility index (Phi) is 8.65. The van der Waals surface area contributed by atoms with Crippen molar-refractivity contribution in [3.63, 3.8) is 0 Å². The molecule has 0 radical (unpaired) electrons. The Morgan fingerprint density at radius 1 is 0.935 bits per heavy atom. The molecule has 1 aliphatic heterocycles. The van der Waals surface area contributed by atoms with E-state index in [2.05, 4.69) is 24.4 Å². The summed E-state index contributed by atoms with van der Waals surface area (Å²) < 4.78 is 4.78. The molecule has 31 heavy (non-hydrogen) atoms. The van der Waals surface area contributed by atoms with E-state index in [0.29, 0.717) is 12.1 Å². The molecule has 1 aliphatic rings. The molecule has 1 saturated heterocycles. The zero-order valence-corrected chi connectivity index (χ0v) is 18.7.